The van der Waals surface area contributed by atoms with E-state index in [4.69, 9.17) is 27.9 Å². The first-order valence-corrected chi connectivity index (χ1v) is 10.7. The highest BCUT2D eigenvalue weighted by Crippen LogP contribution is 2.46. The third kappa shape index (κ3) is 3.74. The maximum absolute atomic E-state index is 13.7. The lowest BCUT2D eigenvalue weighted by molar-refractivity contribution is -0.0864. The first-order valence-electron chi connectivity index (χ1n) is 9.92. The van der Waals surface area contributed by atoms with Crippen molar-refractivity contribution in [2.75, 3.05) is 7.11 Å². The highest BCUT2D eigenvalue weighted by atomic mass is 35.5. The molecule has 0 saturated carbocycles. The van der Waals surface area contributed by atoms with E-state index in [1.807, 2.05) is 36.4 Å². The largest absolute Gasteiger partial charge is 0.386 e. The molecule has 1 heterocycles. The Hall–Kier alpha value is -2.37. The highest BCUT2D eigenvalue weighted by molar-refractivity contribution is 6.30. The van der Waals surface area contributed by atoms with Crippen LogP contribution in [0.2, 0.25) is 10.0 Å². The van der Waals surface area contributed by atoms with E-state index in [1.165, 1.54) is 0 Å². The van der Waals surface area contributed by atoms with Crippen LogP contribution in [0.5, 0.6) is 0 Å². The Labute approximate surface area is 192 Å². The quantitative estimate of drug-likeness (QED) is 0.534. The van der Waals surface area contributed by atoms with Gasteiger partial charge in [0, 0.05) is 40.4 Å². The van der Waals surface area contributed by atoms with Crippen molar-refractivity contribution in [2.45, 2.75) is 31.7 Å². The summed E-state index contributed by atoms with van der Waals surface area (Å²) in [6, 6.07) is 20.1. The summed E-state index contributed by atoms with van der Waals surface area (Å²) < 4.78 is 6.13. The van der Waals surface area contributed by atoms with Gasteiger partial charge in [-0.25, -0.2) is 0 Å². The Kier molecular flexibility index (Phi) is 5.61. The van der Waals surface area contributed by atoms with Gasteiger partial charge in [0.05, 0.1) is 5.60 Å². The minimum Gasteiger partial charge on any atom is -0.386 e. The lowest BCUT2D eigenvalue weighted by Gasteiger charge is -2.38. The Morgan fingerprint density at radius 3 is 2.10 bits per heavy atom. The number of carbonyl (C=O) groups excluding carboxylic acids is 1. The number of hydrogen-bond donors (Lipinski definition) is 1. The van der Waals surface area contributed by atoms with Gasteiger partial charge in [0.2, 0.25) is 0 Å². The topological polar surface area (TPSA) is 49.8 Å². The fraction of sp³-hybridized carbons (Fsp3) is 0.240. The number of halogens is 2. The number of hydrogen-bond acceptors (Lipinski definition) is 3. The molecule has 3 aromatic rings. The standard InChI is InChI=1S/C25H23Cl2NO3/c1-24(2,30)18-8-13-22-21(14-18)23(29)28(15-16-4-9-19(26)10-5-16)25(22,31-3)17-6-11-20(27)12-7-17/h4-14,30H,15H2,1-3H3/t25-/m1/s1. The molecule has 6 heteroatoms. The van der Waals surface area contributed by atoms with Gasteiger partial charge in [-0.3, -0.25) is 9.69 Å². The number of fused-ring (bicyclic) bond motifs is 1. The molecule has 0 fully saturated rings. The van der Waals surface area contributed by atoms with Gasteiger partial charge < -0.3 is 9.84 Å². The number of benzene rings is 3. The van der Waals surface area contributed by atoms with Gasteiger partial charge in [0.25, 0.3) is 5.91 Å². The van der Waals surface area contributed by atoms with Gasteiger partial charge in [-0.15, -0.1) is 0 Å². The van der Waals surface area contributed by atoms with Gasteiger partial charge in [0.15, 0.2) is 5.72 Å². The minimum absolute atomic E-state index is 0.173. The second-order valence-electron chi connectivity index (χ2n) is 8.19. The second kappa shape index (κ2) is 7.95. The fourth-order valence-electron chi connectivity index (χ4n) is 4.11. The van der Waals surface area contributed by atoms with Crippen LogP contribution in [-0.4, -0.2) is 23.0 Å². The fourth-order valence-corrected chi connectivity index (χ4v) is 4.36. The normalized spacial score (nSPS) is 18.4. The van der Waals surface area contributed by atoms with E-state index in [0.717, 1.165) is 16.7 Å². The van der Waals surface area contributed by atoms with Gasteiger partial charge >= 0.3 is 0 Å². The van der Waals surface area contributed by atoms with Crippen molar-refractivity contribution in [1.29, 1.82) is 0 Å². The smallest absolute Gasteiger partial charge is 0.257 e. The lowest BCUT2D eigenvalue weighted by atomic mass is 9.89. The molecule has 4 nitrogen and oxygen atoms in total. The number of carbonyl (C=O) groups is 1. The zero-order chi connectivity index (χ0) is 22.4. The average Bonchev–Trinajstić information content (AvgIpc) is 2.98. The van der Waals surface area contributed by atoms with Crippen molar-refractivity contribution < 1.29 is 14.6 Å². The molecule has 3 aromatic carbocycles. The number of nitrogens with zero attached hydrogens (tertiary/aromatic N) is 1. The number of methoxy groups -OCH3 is 1. The summed E-state index contributed by atoms with van der Waals surface area (Å²) in [6.45, 7) is 3.71. The Balaban J connectivity index is 1.91. The van der Waals surface area contributed by atoms with Crippen LogP contribution in [0.15, 0.2) is 66.7 Å². The van der Waals surface area contributed by atoms with E-state index in [2.05, 4.69) is 0 Å². The third-order valence-corrected chi connectivity index (χ3v) is 6.24. The maximum Gasteiger partial charge on any atom is 0.257 e. The molecular weight excluding hydrogens is 433 g/mol. The van der Waals surface area contributed by atoms with Crippen LogP contribution in [0, 0.1) is 0 Å². The van der Waals surface area contributed by atoms with E-state index in [0.29, 0.717) is 27.7 Å². The number of amides is 1. The molecule has 0 saturated heterocycles. The van der Waals surface area contributed by atoms with Crippen molar-refractivity contribution in [1.82, 2.24) is 4.90 Å². The molecule has 0 spiro atoms. The van der Waals surface area contributed by atoms with Crippen LogP contribution < -0.4 is 0 Å². The van der Waals surface area contributed by atoms with E-state index < -0.39 is 11.3 Å². The Morgan fingerprint density at radius 1 is 0.968 bits per heavy atom. The first-order chi connectivity index (χ1) is 14.7. The molecule has 1 N–H and O–H groups in total. The molecule has 0 bridgehead atoms. The first kappa shape index (κ1) is 21.8. The van der Waals surface area contributed by atoms with Crippen LogP contribution >= 0.6 is 23.2 Å². The van der Waals surface area contributed by atoms with E-state index in [-0.39, 0.29) is 5.91 Å². The lowest BCUT2D eigenvalue weighted by Crippen LogP contribution is -2.45. The molecule has 0 radical (unpaired) electrons. The van der Waals surface area contributed by atoms with Gasteiger partial charge in [-0.1, -0.05) is 59.6 Å². The summed E-state index contributed by atoms with van der Waals surface area (Å²) in [5, 5.41) is 11.7. The Morgan fingerprint density at radius 2 is 1.55 bits per heavy atom. The molecule has 1 amide bonds. The summed E-state index contributed by atoms with van der Waals surface area (Å²) in [5.74, 6) is -0.173. The molecule has 1 aliphatic rings. The zero-order valence-corrected chi connectivity index (χ0v) is 19.0. The summed E-state index contributed by atoms with van der Waals surface area (Å²) in [6.07, 6.45) is 0. The number of ether oxygens (including phenoxy) is 1. The molecule has 0 unspecified atom stereocenters. The van der Waals surface area contributed by atoms with Gasteiger partial charge in [0.1, 0.15) is 0 Å². The Bertz CT molecular complexity index is 1120. The second-order valence-corrected chi connectivity index (χ2v) is 9.07. The highest BCUT2D eigenvalue weighted by Gasteiger charge is 2.51. The van der Waals surface area contributed by atoms with Crippen LogP contribution in [-0.2, 0) is 22.6 Å². The maximum atomic E-state index is 13.7. The molecular formula is C25H23Cl2NO3. The summed E-state index contributed by atoms with van der Waals surface area (Å²) in [7, 11) is 1.59. The van der Waals surface area contributed by atoms with Crippen LogP contribution in [0.1, 0.15) is 46.5 Å². The summed E-state index contributed by atoms with van der Waals surface area (Å²) in [4.78, 5) is 15.4. The van der Waals surface area contributed by atoms with E-state index in [9.17, 15) is 9.90 Å². The molecule has 0 aromatic heterocycles. The van der Waals surface area contributed by atoms with Crippen molar-refractivity contribution in [3.05, 3.63) is 105 Å². The predicted molar refractivity (Wildman–Crippen MR) is 122 cm³/mol. The number of aliphatic hydroxyl groups is 1. The zero-order valence-electron chi connectivity index (χ0n) is 17.5. The van der Waals surface area contributed by atoms with Crippen LogP contribution in [0.4, 0.5) is 0 Å². The van der Waals surface area contributed by atoms with Crippen LogP contribution in [0.25, 0.3) is 0 Å². The monoisotopic (exact) mass is 455 g/mol. The van der Waals surface area contributed by atoms with Crippen molar-refractivity contribution in [3.63, 3.8) is 0 Å². The molecule has 4 rings (SSSR count). The minimum atomic E-state index is -1.13. The van der Waals surface area contributed by atoms with Crippen molar-refractivity contribution in [3.8, 4) is 0 Å². The molecule has 1 aliphatic heterocycles. The van der Waals surface area contributed by atoms with Crippen molar-refractivity contribution >= 4 is 29.1 Å². The molecule has 31 heavy (non-hydrogen) atoms. The molecule has 0 aliphatic carbocycles. The third-order valence-electron chi connectivity index (χ3n) is 5.73. The van der Waals surface area contributed by atoms with Gasteiger partial charge in [-0.2, -0.15) is 0 Å². The molecule has 160 valence electrons. The van der Waals surface area contributed by atoms with Crippen LogP contribution in [0.3, 0.4) is 0 Å². The predicted octanol–water partition coefficient (Wildman–Crippen LogP) is 5.72. The number of rotatable bonds is 5. The van der Waals surface area contributed by atoms with Crippen molar-refractivity contribution in [2.24, 2.45) is 0 Å². The van der Waals surface area contributed by atoms with E-state index in [1.54, 1.807) is 56.2 Å². The summed E-state index contributed by atoms with van der Waals surface area (Å²) >= 11 is 12.2. The molecule has 1 atom stereocenters. The van der Waals surface area contributed by atoms with E-state index >= 15 is 0 Å². The summed E-state index contributed by atoms with van der Waals surface area (Å²) in [5.41, 5.74) is 1.40. The average molecular weight is 456 g/mol. The van der Waals surface area contributed by atoms with Gasteiger partial charge in [-0.05, 0) is 55.3 Å². The SMILES string of the molecule is CO[C@]1(c2ccc(Cl)cc2)c2ccc(C(C)(C)O)cc2C(=O)N1Cc1ccc(Cl)cc1.